The molecule has 1 saturated carbocycles. The van der Waals surface area contributed by atoms with Crippen LogP contribution >= 0.6 is 0 Å². The lowest BCUT2D eigenvalue weighted by molar-refractivity contribution is 0.0692. The molecule has 10 heteroatoms. The molecule has 0 bridgehead atoms. The largest absolute Gasteiger partial charge is 0.492 e. The molecule has 1 N–H and O–H groups in total. The fourth-order valence-electron chi connectivity index (χ4n) is 5.38. The van der Waals surface area contributed by atoms with Crippen molar-refractivity contribution >= 4 is 28.2 Å². The summed E-state index contributed by atoms with van der Waals surface area (Å²) in [4.78, 5) is 14.5. The fraction of sp³-hybridized carbons (Fsp3) is 0.458. The molecule has 2 heterocycles. The highest BCUT2D eigenvalue weighted by atomic mass is 32.2. The van der Waals surface area contributed by atoms with Gasteiger partial charge in [0.2, 0.25) is 10.9 Å². The maximum Gasteiger partial charge on any atom is 0.341 e. The van der Waals surface area contributed by atoms with Crippen LogP contribution in [0.3, 0.4) is 0 Å². The molecule has 1 aliphatic carbocycles. The molecule has 0 radical (unpaired) electrons. The predicted octanol–water partition coefficient (Wildman–Crippen LogP) is 3.71. The summed E-state index contributed by atoms with van der Waals surface area (Å²) < 4.78 is 60.8. The Morgan fingerprint density at radius 3 is 2.74 bits per heavy atom. The maximum atomic E-state index is 15.2. The lowest BCUT2D eigenvalue weighted by atomic mass is 9.96. The Bertz CT molecular complexity index is 1230. The van der Waals surface area contributed by atoms with Crippen LogP contribution in [0.25, 0.3) is 0 Å². The average molecular weight is 493 g/mol. The Morgan fingerprint density at radius 2 is 2.06 bits per heavy atom. The van der Waals surface area contributed by atoms with Crippen LogP contribution in [0.15, 0.2) is 24.3 Å². The number of thiol groups is 1. The van der Waals surface area contributed by atoms with E-state index in [1.54, 1.807) is 0 Å². The van der Waals surface area contributed by atoms with Gasteiger partial charge in [-0.3, -0.25) is 0 Å². The van der Waals surface area contributed by atoms with Crippen molar-refractivity contribution in [3.05, 3.63) is 52.6 Å². The van der Waals surface area contributed by atoms with E-state index in [-0.39, 0.29) is 47.0 Å². The molecule has 2 fully saturated rings. The number of benzene rings is 2. The normalized spacial score (nSPS) is 23.4. The van der Waals surface area contributed by atoms with Gasteiger partial charge in [-0.15, -0.1) is 0 Å². The topological polar surface area (TPSA) is 87.2 Å². The molecular formula is C24H26F2N2O5S. The van der Waals surface area contributed by atoms with Gasteiger partial charge in [-0.05, 0) is 68.0 Å². The van der Waals surface area contributed by atoms with Gasteiger partial charge in [-0.1, -0.05) is 6.92 Å². The lowest BCUT2D eigenvalue weighted by Gasteiger charge is -2.27. The summed E-state index contributed by atoms with van der Waals surface area (Å²) in [6, 6.07) is 4.66. The van der Waals surface area contributed by atoms with Crippen LogP contribution in [0, 0.1) is 23.5 Å². The number of carboxylic acids is 1. The summed E-state index contributed by atoms with van der Waals surface area (Å²) in [5.74, 6) is -2.51. The highest BCUT2D eigenvalue weighted by molar-refractivity contribution is 7.74. The van der Waals surface area contributed by atoms with E-state index in [2.05, 4.69) is 11.8 Å². The molecule has 1 saturated heterocycles. The van der Waals surface area contributed by atoms with Gasteiger partial charge in [-0.2, -0.15) is 0 Å². The number of anilines is 2. The summed E-state index contributed by atoms with van der Waals surface area (Å²) in [5, 5.41) is 10.00. The molecule has 3 aliphatic rings. The number of carboxylic acid groups (broad SMARTS) is 1. The van der Waals surface area contributed by atoms with Gasteiger partial charge in [0.25, 0.3) is 0 Å². The lowest BCUT2D eigenvalue weighted by Crippen LogP contribution is -2.23. The minimum Gasteiger partial charge on any atom is -0.492 e. The zero-order valence-electron chi connectivity index (χ0n) is 18.7. The summed E-state index contributed by atoms with van der Waals surface area (Å²) in [5.41, 5.74) is 0.0142. The second-order valence-electron chi connectivity index (χ2n) is 9.29. The molecule has 2 aromatic rings. The van der Waals surface area contributed by atoms with Crippen molar-refractivity contribution in [2.75, 3.05) is 30.5 Å². The number of rotatable bonds is 7. The number of fused-ring (bicyclic) bond motifs is 3. The summed E-state index contributed by atoms with van der Waals surface area (Å²) in [6.07, 6.45) is 2.01. The predicted molar refractivity (Wildman–Crippen MR) is 122 cm³/mol. The minimum atomic E-state index is -3.42. The zero-order chi connectivity index (χ0) is 24.1. The third-order valence-corrected chi connectivity index (χ3v) is 7.94. The van der Waals surface area contributed by atoms with E-state index in [4.69, 9.17) is 4.74 Å². The Labute approximate surface area is 198 Å². The van der Waals surface area contributed by atoms with Crippen LogP contribution in [0.2, 0.25) is 0 Å². The first-order chi connectivity index (χ1) is 16.3. The van der Waals surface area contributed by atoms with Crippen molar-refractivity contribution in [3.8, 4) is 5.75 Å². The van der Waals surface area contributed by atoms with E-state index in [1.807, 2.05) is 0 Å². The molecule has 3 atom stereocenters. The Balaban J connectivity index is 1.62. The molecule has 5 rings (SSSR count). The molecule has 7 nitrogen and oxygen atoms in total. The Morgan fingerprint density at radius 1 is 1.26 bits per heavy atom. The fourth-order valence-corrected chi connectivity index (χ4v) is 6.09. The second-order valence-corrected chi connectivity index (χ2v) is 10.2. The number of likely N-dealkylation sites (tertiary alicyclic amines) is 1. The van der Waals surface area contributed by atoms with Crippen molar-refractivity contribution in [3.63, 3.8) is 0 Å². The number of aromatic carboxylic acids is 1. The third-order valence-electron chi connectivity index (χ3n) is 7.18. The molecule has 0 amide bonds. The van der Waals surface area contributed by atoms with Crippen molar-refractivity contribution < 1.29 is 31.8 Å². The van der Waals surface area contributed by atoms with Crippen molar-refractivity contribution in [1.29, 1.82) is 0 Å². The number of hydrogen-bond acceptors (Lipinski definition) is 5. The first-order valence-corrected chi connectivity index (χ1v) is 12.6. The van der Waals surface area contributed by atoms with Crippen molar-refractivity contribution in [2.24, 2.45) is 11.8 Å². The van der Waals surface area contributed by atoms with E-state index in [0.29, 0.717) is 18.4 Å². The molecule has 2 unspecified atom stereocenters. The molecule has 0 aromatic heterocycles. The first kappa shape index (κ1) is 23.0. The number of carbonyl (C=O) groups is 1. The van der Waals surface area contributed by atoms with E-state index in [1.165, 1.54) is 12.1 Å². The first-order valence-electron chi connectivity index (χ1n) is 11.5. The minimum absolute atomic E-state index is 0.110. The molecule has 34 heavy (non-hydrogen) atoms. The van der Waals surface area contributed by atoms with Crippen LogP contribution in [-0.4, -0.2) is 50.6 Å². The SMILES string of the molecule is CCN1CC[C@@H](Cc2cc(F)ccc2N(c2cc(F)c3c(c2C(=O)O)OCC2CC32)[SH](=O)=O)C1. The number of nitrogens with zero attached hydrogens (tertiary/aromatic N) is 2. The maximum absolute atomic E-state index is 15.2. The Kier molecular flexibility index (Phi) is 5.97. The van der Waals surface area contributed by atoms with Gasteiger partial charge in [-0.25, -0.2) is 26.3 Å². The van der Waals surface area contributed by atoms with E-state index < -0.39 is 34.1 Å². The van der Waals surface area contributed by atoms with E-state index >= 15 is 4.39 Å². The average Bonchev–Trinajstić information content (AvgIpc) is 3.44. The molecule has 0 spiro atoms. The van der Waals surface area contributed by atoms with Crippen LogP contribution in [0.5, 0.6) is 5.75 Å². The number of halogens is 2. The summed E-state index contributed by atoms with van der Waals surface area (Å²) in [6.45, 7) is 4.93. The van der Waals surface area contributed by atoms with Gasteiger partial charge in [0, 0.05) is 24.1 Å². The highest BCUT2D eigenvalue weighted by Gasteiger charge is 2.48. The van der Waals surface area contributed by atoms with E-state index in [0.717, 1.165) is 42.5 Å². The standard InChI is InChI=1S/C24H26F2N2O5S/c1-2-27-6-5-13(11-27)7-14-8-16(25)3-4-19(14)28(34(31)32)20-10-18(26)21-17-9-15(17)12-33-23(21)22(20)24(29)30/h3-4,8,10,13,15,17,34H,2,5-7,9,11-12H2,1H3,(H,29,30)/t13-,15?,17?/m0/s1. The molecular weight excluding hydrogens is 466 g/mol. The number of ether oxygens (including phenoxy) is 1. The Hall–Kier alpha value is -2.72. The van der Waals surface area contributed by atoms with Gasteiger partial charge in [0.05, 0.1) is 18.0 Å². The summed E-state index contributed by atoms with van der Waals surface area (Å²) in [7, 11) is -3.42. The quantitative estimate of drug-likeness (QED) is 0.573. The van der Waals surface area contributed by atoms with Crippen molar-refractivity contribution in [1.82, 2.24) is 4.90 Å². The molecule has 2 aliphatic heterocycles. The monoisotopic (exact) mass is 492 g/mol. The number of hydrogen-bond donors (Lipinski definition) is 2. The molecule has 182 valence electrons. The summed E-state index contributed by atoms with van der Waals surface area (Å²) >= 11 is 0. The van der Waals surface area contributed by atoms with E-state index in [9.17, 15) is 22.7 Å². The molecule has 2 aromatic carbocycles. The smallest absolute Gasteiger partial charge is 0.341 e. The highest BCUT2D eigenvalue weighted by Crippen LogP contribution is 2.57. The van der Waals surface area contributed by atoms with Gasteiger partial charge in [0.15, 0.2) is 0 Å². The van der Waals surface area contributed by atoms with Crippen LogP contribution in [0.4, 0.5) is 20.2 Å². The van der Waals surface area contributed by atoms with Crippen LogP contribution < -0.4 is 9.04 Å². The zero-order valence-corrected chi connectivity index (χ0v) is 19.6. The second kappa shape index (κ2) is 8.81. The van der Waals surface area contributed by atoms with Gasteiger partial charge in [0.1, 0.15) is 22.9 Å². The van der Waals surface area contributed by atoms with Gasteiger partial charge < -0.3 is 14.7 Å². The van der Waals surface area contributed by atoms with Crippen LogP contribution in [0.1, 0.15) is 47.2 Å². The van der Waals surface area contributed by atoms with Crippen LogP contribution in [-0.2, 0) is 17.3 Å². The van der Waals surface area contributed by atoms with Crippen molar-refractivity contribution in [2.45, 2.75) is 32.1 Å². The van der Waals surface area contributed by atoms with Gasteiger partial charge >= 0.3 is 5.97 Å². The third kappa shape index (κ3) is 4.02.